The summed E-state index contributed by atoms with van der Waals surface area (Å²) in [6.07, 6.45) is 3.64. The van der Waals surface area contributed by atoms with Gasteiger partial charge in [-0.15, -0.1) is 0 Å². The highest BCUT2D eigenvalue weighted by molar-refractivity contribution is 5.30. The van der Waals surface area contributed by atoms with Crippen molar-refractivity contribution in [3.05, 3.63) is 65.2 Å². The molecule has 0 fully saturated rings. The molecule has 0 aliphatic rings. The predicted molar refractivity (Wildman–Crippen MR) is 88.6 cm³/mol. The molecule has 0 spiro atoms. The van der Waals surface area contributed by atoms with Crippen LogP contribution in [0.2, 0.25) is 0 Å². The first-order valence-corrected chi connectivity index (χ1v) is 7.76. The lowest BCUT2D eigenvalue weighted by Gasteiger charge is -2.11. The summed E-state index contributed by atoms with van der Waals surface area (Å²) in [5.74, 6) is 0.939. The Kier molecular flexibility index (Phi) is 6.29. The van der Waals surface area contributed by atoms with E-state index in [1.165, 1.54) is 29.5 Å². The van der Waals surface area contributed by atoms with Crippen LogP contribution in [0.5, 0.6) is 5.75 Å². The number of aryl methyl sites for hydroxylation is 1. The quantitative estimate of drug-likeness (QED) is 0.778. The average molecular weight is 283 g/mol. The van der Waals surface area contributed by atoms with Crippen LogP contribution in [0, 0.1) is 0 Å². The van der Waals surface area contributed by atoms with E-state index in [1.54, 1.807) is 0 Å². The second-order valence-electron chi connectivity index (χ2n) is 5.34. The summed E-state index contributed by atoms with van der Waals surface area (Å²) in [6, 6.07) is 16.9. The summed E-state index contributed by atoms with van der Waals surface area (Å²) in [5.41, 5.74) is 3.92. The van der Waals surface area contributed by atoms with E-state index in [-0.39, 0.29) is 0 Å². The highest BCUT2D eigenvalue weighted by Gasteiger charge is 2.02. The third kappa shape index (κ3) is 4.91. The molecule has 2 rings (SSSR count). The molecule has 2 aromatic carbocycles. The van der Waals surface area contributed by atoms with Gasteiger partial charge in [-0.1, -0.05) is 49.7 Å². The van der Waals surface area contributed by atoms with Gasteiger partial charge in [0.05, 0.1) is 0 Å². The molecule has 0 saturated carbocycles. The smallest absolute Gasteiger partial charge is 0.119 e. The van der Waals surface area contributed by atoms with E-state index < -0.39 is 0 Å². The Labute approximate surface area is 128 Å². The Morgan fingerprint density at radius 3 is 2.33 bits per heavy atom. The molecule has 1 N–H and O–H groups in total. The molecule has 0 radical (unpaired) electrons. The molecule has 0 heterocycles. The van der Waals surface area contributed by atoms with Crippen molar-refractivity contribution in [1.29, 1.82) is 0 Å². The van der Waals surface area contributed by atoms with Crippen LogP contribution in [-0.2, 0) is 19.6 Å². The number of benzene rings is 2. The Morgan fingerprint density at radius 2 is 1.67 bits per heavy atom. The molecular weight excluding hydrogens is 258 g/mol. The summed E-state index contributed by atoms with van der Waals surface area (Å²) in [7, 11) is 1.96. The van der Waals surface area contributed by atoms with Crippen molar-refractivity contribution < 1.29 is 4.74 Å². The lowest BCUT2D eigenvalue weighted by Crippen LogP contribution is -2.09. The zero-order chi connectivity index (χ0) is 14.9. The minimum atomic E-state index is 0.617. The zero-order valence-electron chi connectivity index (χ0n) is 13.1. The van der Waals surface area contributed by atoms with Crippen molar-refractivity contribution in [1.82, 2.24) is 5.32 Å². The Balaban J connectivity index is 1.93. The van der Waals surface area contributed by atoms with Crippen LogP contribution in [0.3, 0.4) is 0 Å². The minimum absolute atomic E-state index is 0.617. The molecule has 112 valence electrons. The fourth-order valence-corrected chi connectivity index (χ4v) is 2.36. The lowest BCUT2D eigenvalue weighted by molar-refractivity contribution is 0.304. The first-order valence-electron chi connectivity index (χ1n) is 7.76. The summed E-state index contributed by atoms with van der Waals surface area (Å²) < 4.78 is 5.91. The van der Waals surface area contributed by atoms with Crippen molar-refractivity contribution in [2.45, 2.75) is 39.3 Å². The highest BCUT2D eigenvalue weighted by atomic mass is 16.5. The van der Waals surface area contributed by atoms with Crippen molar-refractivity contribution >= 4 is 0 Å². The molecule has 0 amide bonds. The highest BCUT2D eigenvalue weighted by Crippen LogP contribution is 2.17. The van der Waals surface area contributed by atoms with Gasteiger partial charge in [-0.05, 0) is 48.7 Å². The van der Waals surface area contributed by atoms with Crippen LogP contribution in [0.4, 0.5) is 0 Å². The van der Waals surface area contributed by atoms with Crippen LogP contribution in [0.1, 0.15) is 36.5 Å². The summed E-state index contributed by atoms with van der Waals surface area (Å²) in [5, 5.41) is 3.19. The van der Waals surface area contributed by atoms with E-state index in [0.717, 1.165) is 18.7 Å². The molecular formula is C19H25NO. The van der Waals surface area contributed by atoms with E-state index in [0.29, 0.717) is 6.61 Å². The Bertz CT molecular complexity index is 534. The predicted octanol–water partition coefficient (Wildman–Crippen LogP) is 4.33. The molecule has 0 aliphatic heterocycles. The number of hydrogen-bond acceptors (Lipinski definition) is 2. The van der Waals surface area contributed by atoms with Gasteiger partial charge in [-0.2, -0.15) is 0 Å². The summed E-state index contributed by atoms with van der Waals surface area (Å²) >= 11 is 0. The molecule has 0 atom stereocenters. The fraction of sp³-hybridized carbons (Fsp3) is 0.368. The molecule has 2 aromatic rings. The molecule has 2 heteroatoms. The van der Waals surface area contributed by atoms with Crippen molar-refractivity contribution in [2.24, 2.45) is 0 Å². The standard InChI is InChI=1S/C19H25NO/c1-3-4-7-16-10-12-19(13-11-16)21-15-18-9-6-5-8-17(18)14-20-2/h5-6,8-13,20H,3-4,7,14-15H2,1-2H3. The maximum absolute atomic E-state index is 5.91. The van der Waals surface area contributed by atoms with Crippen molar-refractivity contribution in [2.75, 3.05) is 7.05 Å². The lowest BCUT2D eigenvalue weighted by atomic mass is 10.1. The third-order valence-corrected chi connectivity index (χ3v) is 3.62. The van der Waals surface area contributed by atoms with E-state index in [1.807, 2.05) is 7.05 Å². The number of ether oxygens (including phenoxy) is 1. The molecule has 0 unspecified atom stereocenters. The first kappa shape index (κ1) is 15.6. The van der Waals surface area contributed by atoms with Gasteiger partial charge in [-0.3, -0.25) is 0 Å². The van der Waals surface area contributed by atoms with Gasteiger partial charge >= 0.3 is 0 Å². The molecule has 2 nitrogen and oxygen atoms in total. The van der Waals surface area contributed by atoms with Crippen LogP contribution >= 0.6 is 0 Å². The summed E-state index contributed by atoms with van der Waals surface area (Å²) in [6.45, 7) is 3.71. The van der Waals surface area contributed by atoms with Crippen LogP contribution in [0.15, 0.2) is 48.5 Å². The topological polar surface area (TPSA) is 21.3 Å². The van der Waals surface area contributed by atoms with E-state index in [2.05, 4.69) is 60.8 Å². The molecule has 21 heavy (non-hydrogen) atoms. The Hall–Kier alpha value is -1.80. The van der Waals surface area contributed by atoms with E-state index in [9.17, 15) is 0 Å². The monoisotopic (exact) mass is 283 g/mol. The SMILES string of the molecule is CCCCc1ccc(OCc2ccccc2CNC)cc1. The minimum Gasteiger partial charge on any atom is -0.489 e. The molecule has 0 saturated heterocycles. The van der Waals surface area contributed by atoms with Crippen LogP contribution in [-0.4, -0.2) is 7.05 Å². The number of nitrogens with one attached hydrogen (secondary N) is 1. The van der Waals surface area contributed by atoms with Crippen molar-refractivity contribution in [3.8, 4) is 5.75 Å². The van der Waals surface area contributed by atoms with Gasteiger partial charge in [0.1, 0.15) is 12.4 Å². The second kappa shape index (κ2) is 8.48. The Morgan fingerprint density at radius 1 is 0.952 bits per heavy atom. The van der Waals surface area contributed by atoms with Gasteiger partial charge in [0.2, 0.25) is 0 Å². The normalized spacial score (nSPS) is 10.6. The maximum Gasteiger partial charge on any atom is 0.119 e. The molecule has 0 aromatic heterocycles. The van der Waals surface area contributed by atoms with Crippen molar-refractivity contribution in [3.63, 3.8) is 0 Å². The van der Waals surface area contributed by atoms with Gasteiger partial charge < -0.3 is 10.1 Å². The first-order chi connectivity index (χ1) is 10.3. The van der Waals surface area contributed by atoms with Crippen LogP contribution < -0.4 is 10.1 Å². The van der Waals surface area contributed by atoms with E-state index >= 15 is 0 Å². The summed E-state index contributed by atoms with van der Waals surface area (Å²) in [4.78, 5) is 0. The van der Waals surface area contributed by atoms with Crippen LogP contribution in [0.25, 0.3) is 0 Å². The third-order valence-electron chi connectivity index (χ3n) is 3.62. The van der Waals surface area contributed by atoms with Gasteiger partial charge in [-0.25, -0.2) is 0 Å². The zero-order valence-corrected chi connectivity index (χ0v) is 13.1. The number of rotatable bonds is 8. The maximum atomic E-state index is 5.91. The number of hydrogen-bond donors (Lipinski definition) is 1. The van der Waals surface area contributed by atoms with Gasteiger partial charge in [0.15, 0.2) is 0 Å². The molecule has 0 bridgehead atoms. The number of unbranched alkanes of at least 4 members (excludes halogenated alkanes) is 1. The second-order valence-corrected chi connectivity index (χ2v) is 5.34. The van der Waals surface area contributed by atoms with Gasteiger partial charge in [0, 0.05) is 6.54 Å². The van der Waals surface area contributed by atoms with E-state index in [4.69, 9.17) is 4.74 Å². The average Bonchev–Trinajstić information content (AvgIpc) is 2.53. The fourth-order valence-electron chi connectivity index (χ4n) is 2.36. The largest absolute Gasteiger partial charge is 0.489 e. The van der Waals surface area contributed by atoms with Gasteiger partial charge in [0.25, 0.3) is 0 Å². The molecule has 0 aliphatic carbocycles.